The number of hydrogen-bond acceptors (Lipinski definition) is 4. The van der Waals surface area contributed by atoms with Gasteiger partial charge in [-0.1, -0.05) is 18.2 Å². The number of hydrogen-bond donors (Lipinski definition) is 3. The molecule has 1 heterocycles. The molecule has 8 heteroatoms. The van der Waals surface area contributed by atoms with Gasteiger partial charge in [0.15, 0.2) is 0 Å². The number of rotatable bonds is 6. The molecule has 4 N–H and O–H groups in total. The fourth-order valence-electron chi connectivity index (χ4n) is 2.75. The number of nitrogens with two attached hydrogens (primary N) is 1. The second-order valence-electron chi connectivity index (χ2n) is 5.85. The number of piperazine rings is 1. The van der Waals surface area contributed by atoms with Crippen molar-refractivity contribution in [3.8, 4) is 0 Å². The van der Waals surface area contributed by atoms with E-state index in [9.17, 15) is 18.0 Å². The van der Waals surface area contributed by atoms with Crippen LogP contribution in [0, 0.1) is 0 Å². The van der Waals surface area contributed by atoms with Crippen molar-refractivity contribution in [3.05, 3.63) is 29.8 Å². The molecule has 0 aliphatic carbocycles. The number of halogens is 3. The maximum Gasteiger partial charge on any atom is 0.405 e. The summed E-state index contributed by atoms with van der Waals surface area (Å²) in [4.78, 5) is 13.3. The minimum atomic E-state index is -4.37. The Morgan fingerprint density at radius 1 is 1.29 bits per heavy atom. The maximum absolute atomic E-state index is 13.2. The second kappa shape index (κ2) is 8.34. The smallest absolute Gasteiger partial charge is 0.399 e. The Hall–Kier alpha value is -1.80. The number of anilines is 1. The molecule has 1 aliphatic rings. The van der Waals surface area contributed by atoms with E-state index in [1.807, 2.05) is 12.1 Å². The van der Waals surface area contributed by atoms with E-state index in [0.717, 1.165) is 5.56 Å². The molecule has 1 fully saturated rings. The number of alkyl halides is 3. The largest absolute Gasteiger partial charge is 0.405 e. The van der Waals surface area contributed by atoms with Gasteiger partial charge in [-0.05, 0) is 18.1 Å². The number of benzene rings is 1. The Labute approximate surface area is 139 Å². The lowest BCUT2D eigenvalue weighted by molar-refractivity contribution is -0.184. The highest BCUT2D eigenvalue weighted by molar-refractivity contribution is 5.76. The van der Waals surface area contributed by atoms with Crippen molar-refractivity contribution in [3.63, 3.8) is 0 Å². The van der Waals surface area contributed by atoms with E-state index in [-0.39, 0.29) is 6.42 Å². The van der Waals surface area contributed by atoms with E-state index in [2.05, 4.69) is 10.6 Å². The zero-order chi connectivity index (χ0) is 17.6. The molecule has 134 valence electrons. The van der Waals surface area contributed by atoms with Gasteiger partial charge in [0.25, 0.3) is 0 Å². The number of nitrogen functional groups attached to an aromatic ring is 1. The first-order valence-corrected chi connectivity index (χ1v) is 7.99. The molecule has 0 spiro atoms. The van der Waals surface area contributed by atoms with E-state index in [1.165, 1.54) is 4.90 Å². The first kappa shape index (κ1) is 18.5. The minimum Gasteiger partial charge on any atom is -0.399 e. The fourth-order valence-corrected chi connectivity index (χ4v) is 2.75. The third kappa shape index (κ3) is 5.38. The predicted octanol–water partition coefficient (Wildman–Crippen LogP) is 1.15. The third-order valence-corrected chi connectivity index (χ3v) is 4.14. The number of nitrogens with one attached hydrogen (secondary N) is 2. The van der Waals surface area contributed by atoms with Gasteiger partial charge in [0.1, 0.15) is 6.04 Å². The second-order valence-corrected chi connectivity index (χ2v) is 5.85. The van der Waals surface area contributed by atoms with Crippen LogP contribution in [0.3, 0.4) is 0 Å². The van der Waals surface area contributed by atoms with Crippen LogP contribution < -0.4 is 16.4 Å². The average molecular weight is 344 g/mol. The normalized spacial score (nSPS) is 17.5. The monoisotopic (exact) mass is 344 g/mol. The van der Waals surface area contributed by atoms with E-state index < -0.39 is 24.7 Å². The summed E-state index contributed by atoms with van der Waals surface area (Å²) < 4.78 is 39.7. The Morgan fingerprint density at radius 3 is 2.58 bits per heavy atom. The molecule has 0 radical (unpaired) electrons. The first-order valence-electron chi connectivity index (χ1n) is 7.99. The summed E-state index contributed by atoms with van der Waals surface area (Å²) in [5, 5.41) is 5.44. The van der Waals surface area contributed by atoms with Gasteiger partial charge < -0.3 is 16.4 Å². The van der Waals surface area contributed by atoms with Gasteiger partial charge in [0, 0.05) is 44.8 Å². The highest BCUT2D eigenvalue weighted by atomic mass is 19.4. The molecule has 5 nitrogen and oxygen atoms in total. The molecule has 1 unspecified atom stereocenters. The molecule has 0 saturated carbocycles. The molecule has 0 aromatic heterocycles. The van der Waals surface area contributed by atoms with Gasteiger partial charge in [-0.25, -0.2) is 0 Å². The van der Waals surface area contributed by atoms with Crippen LogP contribution in [0.2, 0.25) is 0 Å². The molecular weight excluding hydrogens is 321 g/mol. The predicted molar refractivity (Wildman–Crippen MR) is 86.5 cm³/mol. The zero-order valence-corrected chi connectivity index (χ0v) is 13.4. The third-order valence-electron chi connectivity index (χ3n) is 4.14. The molecule has 1 aromatic rings. The van der Waals surface area contributed by atoms with E-state index in [4.69, 9.17) is 5.73 Å². The van der Waals surface area contributed by atoms with E-state index >= 15 is 0 Å². The summed E-state index contributed by atoms with van der Waals surface area (Å²) in [5.41, 5.74) is 7.19. The van der Waals surface area contributed by atoms with Crippen molar-refractivity contribution in [2.75, 3.05) is 38.5 Å². The lowest BCUT2D eigenvalue weighted by Gasteiger charge is -2.35. The first-order chi connectivity index (χ1) is 11.4. The van der Waals surface area contributed by atoms with E-state index in [1.54, 1.807) is 12.1 Å². The number of aryl methyl sites for hydroxylation is 1. The number of carbonyl (C=O) groups excluding carboxylic acids is 1. The quantitative estimate of drug-likeness (QED) is 0.677. The summed E-state index contributed by atoms with van der Waals surface area (Å²) >= 11 is 0. The molecule has 24 heavy (non-hydrogen) atoms. The van der Waals surface area contributed by atoms with Gasteiger partial charge in [-0.2, -0.15) is 13.2 Å². The summed E-state index contributed by atoms with van der Waals surface area (Å²) in [7, 11) is 0. The van der Waals surface area contributed by atoms with Crippen LogP contribution in [0.15, 0.2) is 24.3 Å². The van der Waals surface area contributed by atoms with Crippen molar-refractivity contribution in [1.82, 2.24) is 15.5 Å². The van der Waals surface area contributed by atoms with Crippen LogP contribution in [-0.4, -0.2) is 55.7 Å². The molecular formula is C16H23F3N4O. The van der Waals surface area contributed by atoms with Crippen molar-refractivity contribution >= 4 is 11.6 Å². The van der Waals surface area contributed by atoms with Crippen LogP contribution in [0.25, 0.3) is 0 Å². The minimum absolute atomic E-state index is 0.111. The van der Waals surface area contributed by atoms with Crippen molar-refractivity contribution in [1.29, 1.82) is 0 Å². The number of para-hydroxylation sites is 1. The highest BCUT2D eigenvalue weighted by Crippen LogP contribution is 2.24. The standard InChI is InChI=1S/C16H23F3N4O/c17-16(18,19)14(23-9-7-21-8-10-23)11-22-15(24)6-5-12-3-1-2-4-13(12)20/h1-4,14,21H,5-11,20H2,(H,22,24). The number of carbonyl (C=O) groups is 1. The molecule has 1 saturated heterocycles. The maximum atomic E-state index is 13.2. The molecule has 1 aromatic carbocycles. The van der Waals surface area contributed by atoms with Crippen LogP contribution in [0.5, 0.6) is 0 Å². The summed E-state index contributed by atoms with van der Waals surface area (Å²) in [6.45, 7) is 1.26. The fraction of sp³-hybridized carbons (Fsp3) is 0.562. The lowest BCUT2D eigenvalue weighted by Crippen LogP contribution is -2.57. The summed E-state index contributed by atoms with van der Waals surface area (Å²) in [5.74, 6) is -0.400. The SMILES string of the molecule is Nc1ccccc1CCC(=O)NCC(N1CCNCC1)C(F)(F)F. The Morgan fingerprint density at radius 2 is 1.96 bits per heavy atom. The van der Waals surface area contributed by atoms with Crippen LogP contribution in [-0.2, 0) is 11.2 Å². The molecule has 1 aliphatic heterocycles. The Bertz CT molecular complexity index is 544. The van der Waals surface area contributed by atoms with E-state index in [0.29, 0.717) is 38.3 Å². The lowest BCUT2D eigenvalue weighted by atomic mass is 10.1. The number of nitrogens with zero attached hydrogens (tertiary/aromatic N) is 1. The van der Waals surface area contributed by atoms with Gasteiger partial charge in [-0.3, -0.25) is 9.69 Å². The molecule has 0 bridgehead atoms. The van der Waals surface area contributed by atoms with Gasteiger partial charge in [0.2, 0.25) is 5.91 Å². The van der Waals surface area contributed by atoms with Crippen LogP contribution >= 0.6 is 0 Å². The van der Waals surface area contributed by atoms with Crippen LogP contribution in [0.4, 0.5) is 18.9 Å². The Balaban J connectivity index is 1.84. The molecule has 1 atom stereocenters. The number of amides is 1. The summed E-state index contributed by atoms with van der Waals surface area (Å²) in [6.07, 6.45) is -3.85. The van der Waals surface area contributed by atoms with Crippen LogP contribution in [0.1, 0.15) is 12.0 Å². The highest BCUT2D eigenvalue weighted by Gasteiger charge is 2.43. The Kier molecular flexibility index (Phi) is 6.44. The molecule has 2 rings (SSSR count). The average Bonchev–Trinajstić information content (AvgIpc) is 2.54. The van der Waals surface area contributed by atoms with Crippen molar-refractivity contribution in [2.45, 2.75) is 25.1 Å². The molecule has 1 amide bonds. The zero-order valence-electron chi connectivity index (χ0n) is 13.4. The van der Waals surface area contributed by atoms with Gasteiger partial charge >= 0.3 is 6.18 Å². The van der Waals surface area contributed by atoms with Gasteiger partial charge in [0.05, 0.1) is 0 Å². The van der Waals surface area contributed by atoms with Crippen molar-refractivity contribution < 1.29 is 18.0 Å². The van der Waals surface area contributed by atoms with Crippen molar-refractivity contribution in [2.24, 2.45) is 0 Å². The topological polar surface area (TPSA) is 70.4 Å². The van der Waals surface area contributed by atoms with Gasteiger partial charge in [-0.15, -0.1) is 0 Å². The summed E-state index contributed by atoms with van der Waals surface area (Å²) in [6, 6.07) is 5.50.